The molecule has 5 heteroatoms. The fourth-order valence-electron chi connectivity index (χ4n) is 3.53. The van der Waals surface area contributed by atoms with Gasteiger partial charge in [0.15, 0.2) is 0 Å². The van der Waals surface area contributed by atoms with Gasteiger partial charge in [0.1, 0.15) is 5.75 Å². The Balaban J connectivity index is 1.83. The zero-order chi connectivity index (χ0) is 18.4. The van der Waals surface area contributed by atoms with E-state index in [1.807, 2.05) is 48.5 Å². The first-order chi connectivity index (χ1) is 12.7. The highest BCUT2D eigenvalue weighted by atomic mass is 16.5. The largest absolute Gasteiger partial charge is 0.496 e. The minimum Gasteiger partial charge on any atom is -0.496 e. The molecule has 26 heavy (non-hydrogen) atoms. The third-order valence-electron chi connectivity index (χ3n) is 5.00. The van der Waals surface area contributed by atoms with E-state index in [2.05, 4.69) is 10.6 Å². The maximum Gasteiger partial charge on any atom is 0.233 e. The highest BCUT2D eigenvalue weighted by Gasteiger charge is 2.39. The SMILES string of the molecule is COCC1(C(=O)Nc2cccc(-c3ccccc3OC)c2)CCNCC1. The third kappa shape index (κ3) is 3.89. The average molecular weight is 354 g/mol. The van der Waals surface area contributed by atoms with Gasteiger partial charge in [-0.15, -0.1) is 0 Å². The Bertz CT molecular complexity index is 749. The molecule has 3 rings (SSSR count). The quantitative estimate of drug-likeness (QED) is 0.835. The zero-order valence-corrected chi connectivity index (χ0v) is 15.4. The molecule has 1 amide bonds. The summed E-state index contributed by atoms with van der Waals surface area (Å²) < 4.78 is 10.8. The topological polar surface area (TPSA) is 59.6 Å². The summed E-state index contributed by atoms with van der Waals surface area (Å²) in [5, 5.41) is 6.41. The van der Waals surface area contributed by atoms with E-state index in [0.717, 1.165) is 48.5 Å². The lowest BCUT2D eigenvalue weighted by Crippen LogP contribution is -2.47. The molecule has 2 N–H and O–H groups in total. The number of piperidine rings is 1. The molecule has 0 bridgehead atoms. The molecule has 2 aromatic rings. The Labute approximate surface area is 154 Å². The van der Waals surface area contributed by atoms with Crippen LogP contribution in [0.3, 0.4) is 0 Å². The molecule has 138 valence electrons. The lowest BCUT2D eigenvalue weighted by Gasteiger charge is -2.35. The number of carbonyl (C=O) groups excluding carboxylic acids is 1. The molecule has 5 nitrogen and oxygen atoms in total. The number of rotatable bonds is 6. The van der Waals surface area contributed by atoms with Gasteiger partial charge in [0.25, 0.3) is 0 Å². The summed E-state index contributed by atoms with van der Waals surface area (Å²) in [5.74, 6) is 0.836. The fraction of sp³-hybridized carbons (Fsp3) is 0.381. The van der Waals surface area contributed by atoms with Gasteiger partial charge in [0, 0.05) is 18.4 Å². The van der Waals surface area contributed by atoms with Crippen LogP contribution in [0.2, 0.25) is 0 Å². The summed E-state index contributed by atoms with van der Waals surface area (Å²) in [7, 11) is 3.31. The molecule has 1 heterocycles. The Morgan fingerprint density at radius 3 is 2.62 bits per heavy atom. The van der Waals surface area contributed by atoms with Gasteiger partial charge in [-0.05, 0) is 49.7 Å². The Morgan fingerprint density at radius 2 is 1.88 bits per heavy atom. The number of hydrogen-bond acceptors (Lipinski definition) is 4. The molecule has 1 saturated heterocycles. The summed E-state index contributed by atoms with van der Waals surface area (Å²) in [5.41, 5.74) is 2.32. The van der Waals surface area contributed by atoms with E-state index in [0.29, 0.717) is 6.61 Å². The van der Waals surface area contributed by atoms with Crippen molar-refractivity contribution in [3.8, 4) is 16.9 Å². The number of para-hydroxylation sites is 1. The molecule has 0 unspecified atom stereocenters. The Morgan fingerprint density at radius 1 is 1.12 bits per heavy atom. The van der Waals surface area contributed by atoms with Crippen molar-refractivity contribution in [2.24, 2.45) is 5.41 Å². The lowest BCUT2D eigenvalue weighted by atomic mass is 9.78. The van der Waals surface area contributed by atoms with E-state index in [-0.39, 0.29) is 5.91 Å². The van der Waals surface area contributed by atoms with Crippen LogP contribution < -0.4 is 15.4 Å². The van der Waals surface area contributed by atoms with Gasteiger partial charge in [-0.2, -0.15) is 0 Å². The van der Waals surface area contributed by atoms with Crippen molar-refractivity contribution in [1.82, 2.24) is 5.32 Å². The van der Waals surface area contributed by atoms with E-state index in [1.54, 1.807) is 14.2 Å². The summed E-state index contributed by atoms with van der Waals surface area (Å²) in [6, 6.07) is 15.7. The highest BCUT2D eigenvalue weighted by Crippen LogP contribution is 2.33. The molecule has 2 aromatic carbocycles. The number of methoxy groups -OCH3 is 2. The summed E-state index contributed by atoms with van der Waals surface area (Å²) in [4.78, 5) is 13.0. The van der Waals surface area contributed by atoms with Gasteiger partial charge in [0.05, 0.1) is 19.1 Å². The van der Waals surface area contributed by atoms with Crippen molar-refractivity contribution >= 4 is 11.6 Å². The minimum atomic E-state index is -0.472. The van der Waals surface area contributed by atoms with E-state index >= 15 is 0 Å². The molecule has 1 aliphatic rings. The van der Waals surface area contributed by atoms with E-state index in [1.165, 1.54) is 0 Å². The monoisotopic (exact) mass is 354 g/mol. The summed E-state index contributed by atoms with van der Waals surface area (Å²) in [6.07, 6.45) is 1.55. The second-order valence-electron chi connectivity index (χ2n) is 6.70. The fourth-order valence-corrected chi connectivity index (χ4v) is 3.53. The Kier molecular flexibility index (Phi) is 5.91. The van der Waals surface area contributed by atoms with E-state index in [9.17, 15) is 4.79 Å². The maximum atomic E-state index is 13.0. The van der Waals surface area contributed by atoms with E-state index in [4.69, 9.17) is 9.47 Å². The summed E-state index contributed by atoms with van der Waals surface area (Å²) in [6.45, 7) is 2.10. The predicted molar refractivity (Wildman–Crippen MR) is 103 cm³/mol. The van der Waals surface area contributed by atoms with Crippen LogP contribution in [0.25, 0.3) is 11.1 Å². The molecule has 0 spiro atoms. The molecule has 1 fully saturated rings. The number of carbonyl (C=O) groups is 1. The van der Waals surface area contributed by atoms with Crippen LogP contribution in [0.4, 0.5) is 5.69 Å². The molecule has 0 atom stereocenters. The first-order valence-electron chi connectivity index (χ1n) is 8.93. The van der Waals surface area contributed by atoms with Crippen molar-refractivity contribution in [3.05, 3.63) is 48.5 Å². The number of ether oxygens (including phenoxy) is 2. The molecule has 1 aliphatic heterocycles. The Hall–Kier alpha value is -2.37. The first-order valence-corrected chi connectivity index (χ1v) is 8.93. The second-order valence-corrected chi connectivity index (χ2v) is 6.70. The predicted octanol–water partition coefficient (Wildman–Crippen LogP) is 3.32. The number of nitrogens with one attached hydrogen (secondary N) is 2. The molecule has 0 aliphatic carbocycles. The molecular formula is C21H26N2O3. The number of anilines is 1. The molecule has 0 saturated carbocycles. The standard InChI is InChI=1S/C21H26N2O3/c1-25-15-21(10-12-22-13-11-21)20(24)23-17-7-5-6-16(14-17)18-8-3-4-9-19(18)26-2/h3-9,14,22H,10-13,15H2,1-2H3,(H,23,24). The van der Waals surface area contributed by atoms with Gasteiger partial charge >= 0.3 is 0 Å². The highest BCUT2D eigenvalue weighted by molar-refractivity contribution is 5.96. The molecular weight excluding hydrogens is 328 g/mol. The van der Waals surface area contributed by atoms with E-state index < -0.39 is 5.41 Å². The van der Waals surface area contributed by atoms with Crippen molar-refractivity contribution < 1.29 is 14.3 Å². The van der Waals surface area contributed by atoms with Crippen molar-refractivity contribution in [2.75, 3.05) is 39.2 Å². The van der Waals surface area contributed by atoms with Crippen LogP contribution in [-0.4, -0.2) is 39.8 Å². The smallest absolute Gasteiger partial charge is 0.233 e. The van der Waals surface area contributed by atoms with Gasteiger partial charge in [-0.25, -0.2) is 0 Å². The first kappa shape index (κ1) is 18.4. The summed E-state index contributed by atoms with van der Waals surface area (Å²) >= 11 is 0. The third-order valence-corrected chi connectivity index (χ3v) is 5.00. The van der Waals surface area contributed by atoms with Gasteiger partial charge in [0.2, 0.25) is 5.91 Å². The zero-order valence-electron chi connectivity index (χ0n) is 15.4. The second kappa shape index (κ2) is 8.34. The molecule has 0 aromatic heterocycles. The minimum absolute atomic E-state index is 0.0260. The average Bonchev–Trinajstić information content (AvgIpc) is 2.69. The van der Waals surface area contributed by atoms with Crippen LogP contribution in [0.1, 0.15) is 12.8 Å². The van der Waals surface area contributed by atoms with Crippen LogP contribution >= 0.6 is 0 Å². The van der Waals surface area contributed by atoms with Gasteiger partial charge in [-0.1, -0.05) is 30.3 Å². The van der Waals surface area contributed by atoms with Crippen molar-refractivity contribution in [2.45, 2.75) is 12.8 Å². The number of benzene rings is 2. The van der Waals surface area contributed by atoms with Crippen molar-refractivity contribution in [1.29, 1.82) is 0 Å². The maximum absolute atomic E-state index is 13.0. The lowest BCUT2D eigenvalue weighted by molar-refractivity contribution is -0.130. The van der Waals surface area contributed by atoms with Gasteiger partial charge < -0.3 is 20.1 Å². The van der Waals surface area contributed by atoms with Crippen LogP contribution in [-0.2, 0) is 9.53 Å². The van der Waals surface area contributed by atoms with Gasteiger partial charge in [-0.3, -0.25) is 4.79 Å². The number of hydrogen-bond donors (Lipinski definition) is 2. The normalized spacial score (nSPS) is 16.1. The molecule has 0 radical (unpaired) electrons. The van der Waals surface area contributed by atoms with Crippen LogP contribution in [0, 0.1) is 5.41 Å². The van der Waals surface area contributed by atoms with Crippen LogP contribution in [0.15, 0.2) is 48.5 Å². The number of amides is 1. The van der Waals surface area contributed by atoms with Crippen molar-refractivity contribution in [3.63, 3.8) is 0 Å². The van der Waals surface area contributed by atoms with Crippen LogP contribution in [0.5, 0.6) is 5.75 Å².